The van der Waals surface area contributed by atoms with Crippen LogP contribution in [0.4, 0.5) is 10.5 Å². The van der Waals surface area contributed by atoms with Gasteiger partial charge in [-0.25, -0.2) is 9.59 Å². The van der Waals surface area contributed by atoms with Crippen LogP contribution < -0.4 is 19.5 Å². The van der Waals surface area contributed by atoms with E-state index >= 15 is 0 Å². The number of hydrogen-bond donors (Lipinski definition) is 2. The Kier molecular flexibility index (Phi) is 7.50. The molecule has 0 saturated carbocycles. The molecule has 1 saturated heterocycles. The Labute approximate surface area is 254 Å². The van der Waals surface area contributed by atoms with Crippen molar-refractivity contribution >= 4 is 23.5 Å². The van der Waals surface area contributed by atoms with Gasteiger partial charge in [0.2, 0.25) is 6.79 Å². The Morgan fingerprint density at radius 2 is 1.64 bits per heavy atom. The summed E-state index contributed by atoms with van der Waals surface area (Å²) in [6.45, 7) is 5.37. The summed E-state index contributed by atoms with van der Waals surface area (Å²) in [5, 5.41) is 13.7. The number of aryl methyl sites for hydroxylation is 3. The highest BCUT2D eigenvalue weighted by molar-refractivity contribution is 6.03. The molecule has 10 nitrogen and oxygen atoms in total. The number of carboxylic acids is 1. The van der Waals surface area contributed by atoms with E-state index in [9.17, 15) is 19.5 Å². The summed E-state index contributed by atoms with van der Waals surface area (Å²) < 4.78 is 22.2. The number of furan rings is 1. The molecule has 44 heavy (non-hydrogen) atoms. The normalized spacial score (nSPS) is 20.4. The first-order valence-corrected chi connectivity index (χ1v) is 14.2. The van der Waals surface area contributed by atoms with Gasteiger partial charge in [0, 0.05) is 11.6 Å². The fourth-order valence-electron chi connectivity index (χ4n) is 6.39. The van der Waals surface area contributed by atoms with Crippen LogP contribution in [0, 0.1) is 26.7 Å². The molecule has 4 unspecified atom stereocenters. The Morgan fingerprint density at radius 1 is 0.909 bits per heavy atom. The number of fused-ring (bicyclic) bond motifs is 1. The van der Waals surface area contributed by atoms with E-state index in [-0.39, 0.29) is 12.6 Å². The molecule has 1 fully saturated rings. The zero-order chi connectivity index (χ0) is 31.1. The lowest BCUT2D eigenvalue weighted by Crippen LogP contribution is -2.45. The number of hydrogen-bond acceptors (Lipinski definition) is 7. The SMILES string of the molecule is COc1ccc(C2C(C(=O)c3cc(C)oc3C)C(c3ccc4c(c3)OCO4)N(C(=O)Nc3cccc(C)c3)C2C(=O)O)cc1. The van der Waals surface area contributed by atoms with Crippen molar-refractivity contribution < 1.29 is 38.1 Å². The number of aliphatic carboxylic acids is 1. The van der Waals surface area contributed by atoms with E-state index in [0.717, 1.165) is 5.56 Å². The molecule has 2 N–H and O–H groups in total. The van der Waals surface area contributed by atoms with E-state index in [1.54, 1.807) is 80.6 Å². The van der Waals surface area contributed by atoms with Crippen LogP contribution in [-0.2, 0) is 4.79 Å². The first kappa shape index (κ1) is 28.9. The third-order valence-electron chi connectivity index (χ3n) is 8.27. The fraction of sp³-hybridized carbons (Fsp3) is 0.265. The number of ketones is 1. The zero-order valence-corrected chi connectivity index (χ0v) is 24.7. The highest BCUT2D eigenvalue weighted by Crippen LogP contribution is 2.53. The van der Waals surface area contributed by atoms with E-state index in [2.05, 4.69) is 5.32 Å². The van der Waals surface area contributed by atoms with Gasteiger partial charge in [-0.15, -0.1) is 0 Å². The Bertz CT molecular complexity index is 1740. The van der Waals surface area contributed by atoms with Crippen LogP contribution in [-0.4, -0.2) is 47.7 Å². The molecule has 3 aromatic carbocycles. The monoisotopic (exact) mass is 596 g/mol. The second kappa shape index (κ2) is 11.4. The Morgan fingerprint density at radius 3 is 2.30 bits per heavy atom. The van der Waals surface area contributed by atoms with Gasteiger partial charge in [0.1, 0.15) is 23.3 Å². The molecular formula is C34H32N2O8. The molecule has 0 bridgehead atoms. The number of nitrogens with zero attached hydrogens (tertiary/aromatic N) is 1. The van der Waals surface area contributed by atoms with Crippen molar-refractivity contribution in [3.05, 3.63) is 107 Å². The van der Waals surface area contributed by atoms with Gasteiger partial charge in [0.25, 0.3) is 0 Å². The maximum absolute atomic E-state index is 14.7. The minimum absolute atomic E-state index is 0.0308. The highest BCUT2D eigenvalue weighted by atomic mass is 16.7. The molecule has 1 aromatic heterocycles. The number of carbonyl (C=O) groups is 3. The van der Waals surface area contributed by atoms with E-state index in [0.29, 0.717) is 51.1 Å². The van der Waals surface area contributed by atoms with Gasteiger partial charge in [0.15, 0.2) is 17.3 Å². The van der Waals surface area contributed by atoms with Crippen molar-refractivity contribution in [1.29, 1.82) is 0 Å². The largest absolute Gasteiger partial charge is 0.497 e. The van der Waals surface area contributed by atoms with Gasteiger partial charge >= 0.3 is 12.0 Å². The topological polar surface area (TPSA) is 128 Å². The molecule has 6 rings (SSSR count). The van der Waals surface area contributed by atoms with Crippen molar-refractivity contribution in [2.24, 2.45) is 5.92 Å². The van der Waals surface area contributed by atoms with Crippen molar-refractivity contribution in [3.63, 3.8) is 0 Å². The van der Waals surface area contributed by atoms with Crippen molar-refractivity contribution in [3.8, 4) is 17.2 Å². The molecule has 2 aliphatic rings. The average Bonchev–Trinajstić information content (AvgIpc) is 3.71. The van der Waals surface area contributed by atoms with Gasteiger partial charge in [-0.05, 0) is 79.9 Å². The number of carboxylic acid groups (broad SMARTS) is 1. The molecule has 3 heterocycles. The minimum Gasteiger partial charge on any atom is -0.497 e. The Hall–Kier alpha value is -5.25. The number of rotatable bonds is 7. The maximum atomic E-state index is 14.7. The number of carbonyl (C=O) groups excluding carboxylic acids is 2. The summed E-state index contributed by atoms with van der Waals surface area (Å²) in [6, 6.07) is 17.9. The third-order valence-corrected chi connectivity index (χ3v) is 8.27. The van der Waals surface area contributed by atoms with Crippen LogP contribution >= 0.6 is 0 Å². The van der Waals surface area contributed by atoms with Crippen LogP contribution in [0.2, 0.25) is 0 Å². The number of Topliss-reactive ketones (excluding diaryl/α,β-unsaturated/α-hetero) is 1. The maximum Gasteiger partial charge on any atom is 0.327 e. The lowest BCUT2D eigenvalue weighted by molar-refractivity contribution is -0.142. The summed E-state index contributed by atoms with van der Waals surface area (Å²) in [5.74, 6) is -1.01. The molecule has 2 amide bonds. The van der Waals surface area contributed by atoms with E-state index in [1.165, 1.54) is 12.0 Å². The number of likely N-dealkylation sites (tertiary alicyclic amines) is 1. The molecule has 4 aromatic rings. The molecule has 0 radical (unpaired) electrons. The summed E-state index contributed by atoms with van der Waals surface area (Å²) in [7, 11) is 1.54. The third kappa shape index (κ3) is 5.12. The summed E-state index contributed by atoms with van der Waals surface area (Å²) in [6.07, 6.45) is 0. The van der Waals surface area contributed by atoms with Gasteiger partial charge in [-0.1, -0.05) is 30.3 Å². The summed E-state index contributed by atoms with van der Waals surface area (Å²) >= 11 is 0. The molecule has 4 atom stereocenters. The number of amides is 2. The van der Waals surface area contributed by atoms with Crippen molar-refractivity contribution in [2.75, 3.05) is 19.2 Å². The Balaban J connectivity index is 1.57. The zero-order valence-electron chi connectivity index (χ0n) is 24.7. The second-order valence-electron chi connectivity index (χ2n) is 11.1. The summed E-state index contributed by atoms with van der Waals surface area (Å²) in [5.41, 5.74) is 2.86. The molecule has 0 spiro atoms. The number of nitrogens with one attached hydrogen (secondary N) is 1. The fourth-order valence-corrected chi connectivity index (χ4v) is 6.39. The average molecular weight is 597 g/mol. The molecule has 226 valence electrons. The summed E-state index contributed by atoms with van der Waals surface area (Å²) in [4.78, 5) is 43.4. The van der Waals surface area contributed by atoms with E-state index in [1.807, 2.05) is 13.0 Å². The number of methoxy groups -OCH3 is 1. The van der Waals surface area contributed by atoms with Crippen molar-refractivity contribution in [2.45, 2.75) is 38.8 Å². The first-order chi connectivity index (χ1) is 21.2. The number of urea groups is 1. The number of anilines is 1. The van der Waals surface area contributed by atoms with Crippen molar-refractivity contribution in [1.82, 2.24) is 4.90 Å². The van der Waals surface area contributed by atoms with Gasteiger partial charge in [-0.3, -0.25) is 4.79 Å². The van der Waals surface area contributed by atoms with Gasteiger partial charge < -0.3 is 34.0 Å². The van der Waals surface area contributed by atoms with Gasteiger partial charge in [0.05, 0.1) is 24.6 Å². The van der Waals surface area contributed by atoms with Crippen LogP contribution in [0.3, 0.4) is 0 Å². The lowest BCUT2D eigenvalue weighted by atomic mass is 9.76. The predicted molar refractivity (Wildman–Crippen MR) is 161 cm³/mol. The molecule has 10 heteroatoms. The van der Waals surface area contributed by atoms with Crippen LogP contribution in [0.15, 0.2) is 77.2 Å². The second-order valence-corrected chi connectivity index (χ2v) is 11.1. The lowest BCUT2D eigenvalue weighted by Gasteiger charge is -2.30. The predicted octanol–water partition coefficient (Wildman–Crippen LogP) is 6.27. The standard InChI is InChI=1S/C34H32N2O8/c1-18-6-5-7-23(14-18)35-34(40)36-30(22-10-13-26-27(16-22)43-17-42-26)29(32(37)25-15-19(2)44-20(25)3)28(31(36)33(38)39)21-8-11-24(41-4)12-9-21/h5-16,28-31H,17H2,1-4H3,(H,35,40)(H,38,39). The van der Waals surface area contributed by atoms with E-state index < -0.39 is 35.9 Å². The van der Waals surface area contributed by atoms with Crippen LogP contribution in [0.25, 0.3) is 0 Å². The quantitative estimate of drug-likeness (QED) is 0.239. The first-order valence-electron chi connectivity index (χ1n) is 14.2. The molecular weight excluding hydrogens is 564 g/mol. The van der Waals surface area contributed by atoms with Crippen LogP contribution in [0.5, 0.6) is 17.2 Å². The number of ether oxygens (including phenoxy) is 3. The molecule has 0 aliphatic carbocycles. The highest BCUT2D eigenvalue weighted by Gasteiger charge is 2.58. The minimum atomic E-state index is -1.41. The molecule has 2 aliphatic heterocycles. The smallest absolute Gasteiger partial charge is 0.327 e. The number of benzene rings is 3. The van der Waals surface area contributed by atoms with Gasteiger partial charge in [-0.2, -0.15) is 0 Å². The van der Waals surface area contributed by atoms with E-state index in [4.69, 9.17) is 18.6 Å². The van der Waals surface area contributed by atoms with Crippen LogP contribution in [0.1, 0.15) is 50.5 Å².